The number of hydrogen-bond acceptors (Lipinski definition) is 5. The summed E-state index contributed by atoms with van der Waals surface area (Å²) in [5.41, 5.74) is 1.34. The number of rotatable bonds is 5. The quantitative estimate of drug-likeness (QED) is 0.727. The van der Waals surface area contributed by atoms with Crippen LogP contribution in [0.2, 0.25) is 0 Å². The monoisotopic (exact) mass is 382 g/mol. The molecule has 28 heavy (non-hydrogen) atoms. The average molecular weight is 382 g/mol. The van der Waals surface area contributed by atoms with Gasteiger partial charge >= 0.3 is 0 Å². The summed E-state index contributed by atoms with van der Waals surface area (Å²) in [5, 5.41) is 8.97. The summed E-state index contributed by atoms with van der Waals surface area (Å²) in [5.74, 6) is 3.26. The molecule has 1 N–H and O–H groups in total. The van der Waals surface area contributed by atoms with Crippen molar-refractivity contribution in [1.29, 1.82) is 0 Å². The number of nitrogens with one attached hydrogen (secondary N) is 1. The molecule has 0 unspecified atom stereocenters. The zero-order valence-corrected chi connectivity index (χ0v) is 16.6. The van der Waals surface area contributed by atoms with Gasteiger partial charge < -0.3 is 19.0 Å². The molecule has 1 amide bonds. The zero-order valence-electron chi connectivity index (χ0n) is 16.6. The second-order valence-corrected chi connectivity index (χ2v) is 7.26. The first-order valence-corrected chi connectivity index (χ1v) is 9.77. The Morgan fingerprint density at radius 1 is 1.21 bits per heavy atom. The Morgan fingerprint density at radius 2 is 2.00 bits per heavy atom. The van der Waals surface area contributed by atoms with Crippen molar-refractivity contribution in [1.82, 2.24) is 39.2 Å². The molecule has 0 saturated carbocycles. The van der Waals surface area contributed by atoms with E-state index in [0.29, 0.717) is 31.2 Å². The number of piperidine rings is 1. The van der Waals surface area contributed by atoms with Crippen molar-refractivity contribution in [3.8, 4) is 0 Å². The third kappa shape index (κ3) is 3.32. The van der Waals surface area contributed by atoms with Crippen molar-refractivity contribution in [2.45, 2.75) is 52.6 Å². The van der Waals surface area contributed by atoms with E-state index in [0.717, 1.165) is 42.6 Å². The Balaban J connectivity index is 1.45. The number of carbonyl (C=O) groups is 1. The molecule has 148 valence electrons. The summed E-state index contributed by atoms with van der Waals surface area (Å²) >= 11 is 0. The van der Waals surface area contributed by atoms with Gasteiger partial charge in [0.05, 0.1) is 12.9 Å². The van der Waals surface area contributed by atoms with Crippen LogP contribution in [0.1, 0.15) is 59.3 Å². The number of nitrogens with zero attached hydrogens (tertiary/aromatic N) is 7. The third-order valence-corrected chi connectivity index (χ3v) is 5.59. The van der Waals surface area contributed by atoms with Gasteiger partial charge in [-0.05, 0) is 33.6 Å². The predicted molar refractivity (Wildman–Crippen MR) is 103 cm³/mol. The first-order valence-electron chi connectivity index (χ1n) is 9.77. The number of aryl methyl sites for hydroxylation is 2. The lowest BCUT2D eigenvalue weighted by Gasteiger charge is -2.31. The van der Waals surface area contributed by atoms with Crippen LogP contribution in [-0.2, 0) is 13.1 Å². The Morgan fingerprint density at radius 3 is 2.61 bits per heavy atom. The van der Waals surface area contributed by atoms with Crippen LogP contribution in [0.4, 0.5) is 0 Å². The van der Waals surface area contributed by atoms with Crippen molar-refractivity contribution >= 4 is 5.91 Å². The molecule has 3 aromatic heterocycles. The van der Waals surface area contributed by atoms with Gasteiger partial charge in [-0.1, -0.05) is 0 Å². The van der Waals surface area contributed by atoms with E-state index in [1.807, 2.05) is 24.9 Å². The molecule has 1 aliphatic heterocycles. The highest BCUT2D eigenvalue weighted by molar-refractivity contribution is 5.93. The minimum atomic E-state index is 0.00503. The normalized spacial score (nSPS) is 15.3. The van der Waals surface area contributed by atoms with Crippen LogP contribution in [0.3, 0.4) is 0 Å². The molecule has 0 aromatic carbocycles. The SMILES string of the molecule is CCn1c(Cn2ccnc2C)nnc1C1CCN(C(=O)c2nc[nH]c2C)CC1. The highest BCUT2D eigenvalue weighted by atomic mass is 16.2. The molecular weight excluding hydrogens is 356 g/mol. The van der Waals surface area contributed by atoms with Crippen LogP contribution < -0.4 is 0 Å². The number of aromatic amines is 1. The molecule has 0 spiro atoms. The zero-order chi connectivity index (χ0) is 19.7. The predicted octanol–water partition coefficient (Wildman–Crippen LogP) is 1.90. The molecule has 1 aliphatic rings. The minimum absolute atomic E-state index is 0.00503. The smallest absolute Gasteiger partial charge is 0.274 e. The van der Waals surface area contributed by atoms with E-state index in [9.17, 15) is 4.79 Å². The fourth-order valence-corrected chi connectivity index (χ4v) is 3.90. The van der Waals surface area contributed by atoms with Crippen molar-refractivity contribution in [2.75, 3.05) is 13.1 Å². The van der Waals surface area contributed by atoms with E-state index in [2.05, 4.69) is 41.2 Å². The van der Waals surface area contributed by atoms with E-state index in [1.54, 1.807) is 12.5 Å². The molecule has 9 heteroatoms. The van der Waals surface area contributed by atoms with Gasteiger partial charge in [0.15, 0.2) is 5.82 Å². The largest absolute Gasteiger partial charge is 0.348 e. The van der Waals surface area contributed by atoms with Gasteiger partial charge in [0.1, 0.15) is 17.3 Å². The maximum absolute atomic E-state index is 12.7. The second kappa shape index (κ2) is 7.57. The lowest BCUT2D eigenvalue weighted by molar-refractivity contribution is 0.0704. The number of hydrogen-bond donors (Lipinski definition) is 1. The van der Waals surface area contributed by atoms with Crippen LogP contribution in [0.25, 0.3) is 0 Å². The van der Waals surface area contributed by atoms with E-state index < -0.39 is 0 Å². The Labute approximate surface area is 163 Å². The van der Waals surface area contributed by atoms with Gasteiger partial charge in [-0.3, -0.25) is 4.79 Å². The van der Waals surface area contributed by atoms with E-state index in [4.69, 9.17) is 0 Å². The van der Waals surface area contributed by atoms with Gasteiger partial charge in [-0.15, -0.1) is 10.2 Å². The fraction of sp³-hybridized carbons (Fsp3) is 0.526. The average Bonchev–Trinajstić information content (AvgIpc) is 3.42. The number of imidazole rings is 2. The van der Waals surface area contributed by atoms with Crippen molar-refractivity contribution in [2.24, 2.45) is 0 Å². The molecule has 0 radical (unpaired) electrons. The number of carbonyl (C=O) groups excluding carboxylic acids is 1. The van der Waals surface area contributed by atoms with Gasteiger partial charge in [-0.25, -0.2) is 9.97 Å². The molecule has 1 saturated heterocycles. The maximum atomic E-state index is 12.7. The third-order valence-electron chi connectivity index (χ3n) is 5.59. The number of amides is 1. The van der Waals surface area contributed by atoms with Gasteiger partial charge in [-0.2, -0.15) is 0 Å². The van der Waals surface area contributed by atoms with Crippen molar-refractivity contribution in [3.05, 3.63) is 47.6 Å². The Kier molecular flexibility index (Phi) is 4.97. The summed E-state index contributed by atoms with van der Waals surface area (Å²) in [6.45, 7) is 8.90. The van der Waals surface area contributed by atoms with Crippen LogP contribution in [0.15, 0.2) is 18.7 Å². The number of aromatic nitrogens is 7. The molecule has 0 atom stereocenters. The standard InChI is InChI=1S/C19H26N8O/c1-4-27-16(11-26-10-7-20-14(26)3)23-24-18(27)15-5-8-25(9-6-15)19(28)17-13(2)21-12-22-17/h7,10,12,15H,4-6,8-9,11H2,1-3H3,(H,21,22). The number of likely N-dealkylation sites (tertiary alicyclic amines) is 1. The molecule has 0 aliphatic carbocycles. The summed E-state index contributed by atoms with van der Waals surface area (Å²) < 4.78 is 4.28. The van der Waals surface area contributed by atoms with Crippen LogP contribution in [0.5, 0.6) is 0 Å². The molecule has 9 nitrogen and oxygen atoms in total. The highest BCUT2D eigenvalue weighted by Gasteiger charge is 2.29. The lowest BCUT2D eigenvalue weighted by Crippen LogP contribution is -2.38. The minimum Gasteiger partial charge on any atom is -0.348 e. The maximum Gasteiger partial charge on any atom is 0.274 e. The molecular formula is C19H26N8O. The van der Waals surface area contributed by atoms with Gasteiger partial charge in [0.2, 0.25) is 0 Å². The Bertz CT molecular complexity index is 960. The summed E-state index contributed by atoms with van der Waals surface area (Å²) in [6.07, 6.45) is 7.11. The lowest BCUT2D eigenvalue weighted by atomic mass is 9.95. The van der Waals surface area contributed by atoms with E-state index >= 15 is 0 Å². The second-order valence-electron chi connectivity index (χ2n) is 7.26. The van der Waals surface area contributed by atoms with E-state index in [1.165, 1.54) is 0 Å². The highest BCUT2D eigenvalue weighted by Crippen LogP contribution is 2.28. The van der Waals surface area contributed by atoms with Crippen LogP contribution in [-0.4, -0.2) is 58.2 Å². The van der Waals surface area contributed by atoms with Crippen molar-refractivity contribution < 1.29 is 4.79 Å². The van der Waals surface area contributed by atoms with Gasteiger partial charge in [0, 0.05) is 43.6 Å². The molecule has 3 aromatic rings. The molecule has 0 bridgehead atoms. The topological polar surface area (TPSA) is 97.5 Å². The Hall–Kier alpha value is -2.97. The first kappa shape index (κ1) is 18.4. The first-order chi connectivity index (χ1) is 13.6. The summed E-state index contributed by atoms with van der Waals surface area (Å²) in [7, 11) is 0. The summed E-state index contributed by atoms with van der Waals surface area (Å²) in [6, 6.07) is 0. The summed E-state index contributed by atoms with van der Waals surface area (Å²) in [4.78, 5) is 26.0. The molecule has 4 heterocycles. The molecule has 1 fully saturated rings. The number of H-pyrrole nitrogens is 1. The van der Waals surface area contributed by atoms with E-state index in [-0.39, 0.29) is 5.91 Å². The van der Waals surface area contributed by atoms with Gasteiger partial charge in [0.25, 0.3) is 5.91 Å². The van der Waals surface area contributed by atoms with Crippen molar-refractivity contribution in [3.63, 3.8) is 0 Å². The van der Waals surface area contributed by atoms with Crippen LogP contribution >= 0.6 is 0 Å². The fourth-order valence-electron chi connectivity index (χ4n) is 3.90. The van der Waals surface area contributed by atoms with Crippen LogP contribution in [0, 0.1) is 13.8 Å². The molecule has 4 rings (SSSR count).